The predicted octanol–water partition coefficient (Wildman–Crippen LogP) is 2.96. The molecule has 4 bridgehead atoms. The van der Waals surface area contributed by atoms with E-state index in [-0.39, 0.29) is 17.9 Å². The number of nitrogens with one attached hydrogen (secondary N) is 1. The van der Waals surface area contributed by atoms with Gasteiger partial charge in [0.25, 0.3) is 5.89 Å². The summed E-state index contributed by atoms with van der Waals surface area (Å²) in [6, 6.07) is 0. The first-order valence-corrected chi connectivity index (χ1v) is 10.3. The summed E-state index contributed by atoms with van der Waals surface area (Å²) >= 11 is 0. The van der Waals surface area contributed by atoms with Gasteiger partial charge in [-0.3, -0.25) is 9.59 Å². The van der Waals surface area contributed by atoms with Crippen molar-refractivity contribution in [3.05, 3.63) is 11.7 Å². The Kier molecular flexibility index (Phi) is 4.95. The van der Waals surface area contributed by atoms with Crippen LogP contribution in [-0.2, 0) is 20.7 Å². The zero-order chi connectivity index (χ0) is 19.0. The van der Waals surface area contributed by atoms with E-state index >= 15 is 0 Å². The van der Waals surface area contributed by atoms with Gasteiger partial charge in [0, 0.05) is 11.8 Å². The van der Waals surface area contributed by atoms with E-state index in [1.54, 1.807) is 6.92 Å². The number of hydrogen-bond donors (Lipinski definition) is 1. The second-order valence-corrected chi connectivity index (χ2v) is 8.81. The summed E-state index contributed by atoms with van der Waals surface area (Å²) in [7, 11) is 0. The van der Waals surface area contributed by atoms with Gasteiger partial charge >= 0.3 is 5.97 Å². The number of carbonyl (C=O) groups excluding carboxylic acids is 2. The smallest absolute Gasteiger partial charge is 0.326 e. The third-order valence-electron chi connectivity index (χ3n) is 6.53. The van der Waals surface area contributed by atoms with Crippen molar-refractivity contribution >= 4 is 11.9 Å². The minimum absolute atomic E-state index is 0.0363. The lowest BCUT2D eigenvalue weighted by Crippen LogP contribution is -2.54. The average molecular weight is 375 g/mol. The van der Waals surface area contributed by atoms with Gasteiger partial charge in [-0.15, -0.1) is 0 Å². The van der Waals surface area contributed by atoms with Crippen LogP contribution in [0.3, 0.4) is 0 Å². The second-order valence-electron chi connectivity index (χ2n) is 8.81. The van der Waals surface area contributed by atoms with Gasteiger partial charge in [-0.25, -0.2) is 0 Å². The molecular formula is C20H29N3O4. The molecule has 27 heavy (non-hydrogen) atoms. The normalized spacial score (nSPS) is 32.3. The molecule has 1 aromatic heterocycles. The van der Waals surface area contributed by atoms with Crippen LogP contribution in [0.5, 0.6) is 0 Å². The monoisotopic (exact) mass is 375 g/mol. The Morgan fingerprint density at radius 3 is 2.44 bits per heavy atom. The Morgan fingerprint density at radius 1 is 1.22 bits per heavy atom. The summed E-state index contributed by atoms with van der Waals surface area (Å²) in [6.45, 7) is 3.62. The van der Waals surface area contributed by atoms with Crippen LogP contribution in [-0.4, -0.2) is 28.6 Å². The van der Waals surface area contributed by atoms with E-state index in [2.05, 4.69) is 15.5 Å². The average Bonchev–Trinajstić information content (AvgIpc) is 3.07. The summed E-state index contributed by atoms with van der Waals surface area (Å²) in [4.78, 5) is 29.3. The van der Waals surface area contributed by atoms with Crippen LogP contribution in [0.1, 0.15) is 76.6 Å². The number of nitrogens with zero attached hydrogens (tertiary/aromatic N) is 2. The highest BCUT2D eigenvalue weighted by atomic mass is 16.6. The molecule has 4 aliphatic carbocycles. The Morgan fingerprint density at radius 2 is 1.85 bits per heavy atom. The van der Waals surface area contributed by atoms with Crippen molar-refractivity contribution in [1.29, 1.82) is 0 Å². The van der Waals surface area contributed by atoms with E-state index in [9.17, 15) is 9.59 Å². The molecule has 0 aliphatic heterocycles. The van der Waals surface area contributed by atoms with Crippen molar-refractivity contribution in [3.8, 4) is 0 Å². The first kappa shape index (κ1) is 18.4. The van der Waals surface area contributed by atoms with Gasteiger partial charge in [0.05, 0.1) is 0 Å². The maximum atomic E-state index is 12.9. The summed E-state index contributed by atoms with van der Waals surface area (Å²) in [5, 5.41) is 6.71. The molecule has 1 N–H and O–H groups in total. The highest BCUT2D eigenvalue weighted by Crippen LogP contribution is 2.60. The van der Waals surface area contributed by atoms with Crippen LogP contribution in [0.15, 0.2) is 4.52 Å². The number of carbonyl (C=O) groups is 2. The van der Waals surface area contributed by atoms with Crippen LogP contribution in [0.4, 0.5) is 0 Å². The fourth-order valence-corrected chi connectivity index (χ4v) is 5.78. The summed E-state index contributed by atoms with van der Waals surface area (Å²) < 4.78 is 10.5. The minimum atomic E-state index is -0.618. The number of ether oxygens (including phenoxy) is 1. The Balaban J connectivity index is 1.28. The van der Waals surface area contributed by atoms with Crippen molar-refractivity contribution in [3.63, 3.8) is 0 Å². The molecule has 0 radical (unpaired) electrons. The highest BCUT2D eigenvalue weighted by molar-refractivity contribution is 5.86. The van der Waals surface area contributed by atoms with E-state index in [4.69, 9.17) is 9.26 Å². The predicted molar refractivity (Wildman–Crippen MR) is 96.4 cm³/mol. The molecule has 1 unspecified atom stereocenters. The number of amides is 1. The first-order valence-electron chi connectivity index (χ1n) is 10.3. The standard InChI is InChI=1S/C20H29N3O4/c1-3-4-16-22-18(27-23-16)12(2)26-17(24)11-21-19(25)20-8-13-5-14(9-20)7-15(6-13)10-20/h12-15H,3-11H2,1-2H3,(H,21,25). The zero-order valence-electron chi connectivity index (χ0n) is 16.2. The number of aryl methyl sites for hydroxylation is 1. The SMILES string of the molecule is CCCc1noc(C(C)OC(=O)CNC(=O)C23CC4CC(CC(C4)C2)C3)n1. The fourth-order valence-electron chi connectivity index (χ4n) is 5.78. The lowest BCUT2D eigenvalue weighted by Gasteiger charge is -2.55. The Bertz CT molecular complexity index is 679. The topological polar surface area (TPSA) is 94.3 Å². The second kappa shape index (κ2) is 7.24. The Labute approximate surface area is 159 Å². The molecule has 7 heteroatoms. The van der Waals surface area contributed by atoms with Gasteiger partial charge in [0.1, 0.15) is 6.54 Å². The maximum Gasteiger partial charge on any atom is 0.326 e. The highest BCUT2D eigenvalue weighted by Gasteiger charge is 2.54. The van der Waals surface area contributed by atoms with Crippen LogP contribution in [0.2, 0.25) is 0 Å². The number of esters is 1. The van der Waals surface area contributed by atoms with Crippen molar-refractivity contribution in [2.45, 2.75) is 71.3 Å². The van der Waals surface area contributed by atoms with E-state index in [1.165, 1.54) is 19.3 Å². The van der Waals surface area contributed by atoms with Gasteiger partial charge in [-0.05, 0) is 69.6 Å². The molecule has 0 aromatic carbocycles. The van der Waals surface area contributed by atoms with Gasteiger partial charge in [-0.2, -0.15) is 4.98 Å². The molecule has 1 atom stereocenters. The maximum absolute atomic E-state index is 12.9. The third kappa shape index (κ3) is 3.73. The summed E-state index contributed by atoms with van der Waals surface area (Å²) in [5.41, 5.74) is -0.248. The van der Waals surface area contributed by atoms with Crippen LogP contribution in [0.25, 0.3) is 0 Å². The van der Waals surface area contributed by atoms with Crippen LogP contribution >= 0.6 is 0 Å². The van der Waals surface area contributed by atoms with Crippen LogP contribution in [0, 0.1) is 23.2 Å². The molecule has 4 aliphatic rings. The molecular weight excluding hydrogens is 346 g/mol. The molecule has 7 nitrogen and oxygen atoms in total. The molecule has 4 saturated carbocycles. The Hall–Kier alpha value is -1.92. The van der Waals surface area contributed by atoms with Gasteiger partial charge in [0.2, 0.25) is 5.91 Å². The number of hydrogen-bond acceptors (Lipinski definition) is 6. The van der Waals surface area contributed by atoms with Gasteiger partial charge in [-0.1, -0.05) is 12.1 Å². The largest absolute Gasteiger partial charge is 0.451 e. The summed E-state index contributed by atoms with van der Waals surface area (Å²) in [5.74, 6) is 2.56. The molecule has 4 fully saturated rings. The van der Waals surface area contributed by atoms with E-state index in [1.807, 2.05) is 6.92 Å². The van der Waals surface area contributed by atoms with Crippen LogP contribution < -0.4 is 5.32 Å². The van der Waals surface area contributed by atoms with Crippen molar-refractivity contribution in [2.75, 3.05) is 6.54 Å². The lowest BCUT2D eigenvalue weighted by atomic mass is 9.49. The molecule has 148 valence electrons. The number of aromatic nitrogens is 2. The van der Waals surface area contributed by atoms with E-state index in [0.717, 1.165) is 32.1 Å². The van der Waals surface area contributed by atoms with E-state index < -0.39 is 12.1 Å². The van der Waals surface area contributed by atoms with Crippen molar-refractivity contribution < 1.29 is 18.8 Å². The number of rotatable bonds is 7. The quantitative estimate of drug-likeness (QED) is 0.736. The lowest BCUT2D eigenvalue weighted by molar-refractivity contribution is -0.154. The molecule has 0 saturated heterocycles. The third-order valence-corrected chi connectivity index (χ3v) is 6.53. The molecule has 5 rings (SSSR count). The fraction of sp³-hybridized carbons (Fsp3) is 0.800. The summed E-state index contributed by atoms with van der Waals surface area (Å²) in [6.07, 6.45) is 7.85. The van der Waals surface area contributed by atoms with Gasteiger partial charge < -0.3 is 14.6 Å². The van der Waals surface area contributed by atoms with Crippen molar-refractivity contribution in [2.24, 2.45) is 23.2 Å². The molecule has 0 spiro atoms. The molecule has 1 aromatic rings. The minimum Gasteiger partial charge on any atom is -0.451 e. The molecule has 1 heterocycles. The van der Waals surface area contributed by atoms with Gasteiger partial charge in [0.15, 0.2) is 11.9 Å². The zero-order valence-corrected chi connectivity index (χ0v) is 16.2. The van der Waals surface area contributed by atoms with Crippen molar-refractivity contribution in [1.82, 2.24) is 15.5 Å². The molecule has 1 amide bonds. The first-order chi connectivity index (χ1) is 13.0. The van der Waals surface area contributed by atoms with E-state index in [0.29, 0.717) is 29.5 Å².